The molecule has 1 aromatic heterocycles. The van der Waals surface area contributed by atoms with Crippen molar-refractivity contribution in [1.82, 2.24) is 0 Å². The largest absolute Gasteiger partial charge is 0.477 e. The van der Waals surface area contributed by atoms with Crippen LogP contribution in [0.1, 0.15) is 51.9 Å². The normalized spacial score (nSPS) is 24.3. The van der Waals surface area contributed by atoms with E-state index in [1.165, 1.54) is 11.3 Å². The minimum Gasteiger partial charge on any atom is -0.477 e. The van der Waals surface area contributed by atoms with E-state index in [9.17, 15) is 9.90 Å². The summed E-state index contributed by atoms with van der Waals surface area (Å²) in [5, 5.41) is 20.2. The molecule has 0 spiro atoms. The van der Waals surface area contributed by atoms with Crippen molar-refractivity contribution in [2.45, 2.75) is 44.1 Å². The standard InChI is InChI=1S/C24H26Cl2O3S/c1-2-4-15-11-16(13-17(25)12-15)7-9-20-19(21(26)14-22(20)27)6-3-5-18-8-10-23(30-18)24(28)29/h2,4,7-13,19-22,27H,3,5-6,14H2,1H3,(H,28,29)/b4-2+,9-7+/t19?,20-,21-,22?/m1/s1. The number of hydrogen-bond donors (Lipinski definition) is 2. The summed E-state index contributed by atoms with van der Waals surface area (Å²) in [5.41, 5.74) is 2.04. The van der Waals surface area contributed by atoms with Gasteiger partial charge in [0.1, 0.15) is 4.88 Å². The van der Waals surface area contributed by atoms with Crippen molar-refractivity contribution in [1.29, 1.82) is 0 Å². The number of thiophene rings is 1. The average molecular weight is 465 g/mol. The zero-order valence-electron chi connectivity index (χ0n) is 16.8. The maximum atomic E-state index is 11.0. The molecule has 3 nitrogen and oxygen atoms in total. The van der Waals surface area contributed by atoms with Gasteiger partial charge in [0.15, 0.2) is 0 Å². The highest BCUT2D eigenvalue weighted by molar-refractivity contribution is 7.13. The van der Waals surface area contributed by atoms with Gasteiger partial charge in [-0.25, -0.2) is 4.79 Å². The first-order valence-corrected chi connectivity index (χ1v) is 11.8. The fraction of sp³-hybridized carbons (Fsp3) is 0.375. The Labute approximate surface area is 191 Å². The molecule has 0 aliphatic heterocycles. The molecule has 30 heavy (non-hydrogen) atoms. The third-order valence-corrected chi connectivity index (χ3v) is 7.37. The Morgan fingerprint density at radius 1 is 1.23 bits per heavy atom. The van der Waals surface area contributed by atoms with Gasteiger partial charge in [0.2, 0.25) is 0 Å². The molecule has 0 saturated heterocycles. The molecule has 2 N–H and O–H groups in total. The molecule has 2 unspecified atom stereocenters. The lowest BCUT2D eigenvalue weighted by molar-refractivity contribution is 0.0702. The third kappa shape index (κ3) is 5.98. The number of alkyl halides is 1. The lowest BCUT2D eigenvalue weighted by Crippen LogP contribution is -2.18. The molecule has 6 heteroatoms. The van der Waals surface area contributed by atoms with Crippen LogP contribution in [0.15, 0.2) is 42.5 Å². The van der Waals surface area contributed by atoms with E-state index in [-0.39, 0.29) is 17.2 Å². The monoisotopic (exact) mass is 464 g/mol. The molecule has 2 aromatic rings. The quantitative estimate of drug-likeness (QED) is 0.423. The number of aromatic carboxylic acids is 1. The van der Waals surface area contributed by atoms with Crippen molar-refractivity contribution in [3.05, 3.63) is 68.4 Å². The van der Waals surface area contributed by atoms with Crippen molar-refractivity contribution in [2.24, 2.45) is 11.8 Å². The summed E-state index contributed by atoms with van der Waals surface area (Å²) >= 11 is 14.1. The lowest BCUT2D eigenvalue weighted by Gasteiger charge is -2.20. The maximum Gasteiger partial charge on any atom is 0.345 e. The SMILES string of the molecule is C/C=C/c1cc(Cl)cc(/C=C/[C@H]2C(O)C[C@@H](Cl)C2CCCc2ccc(C(=O)O)s2)c1. The van der Waals surface area contributed by atoms with Crippen LogP contribution in [0.25, 0.3) is 12.2 Å². The molecule has 4 atom stereocenters. The number of aliphatic hydroxyl groups excluding tert-OH is 1. The van der Waals surface area contributed by atoms with Crippen molar-refractivity contribution < 1.29 is 15.0 Å². The van der Waals surface area contributed by atoms with Crippen LogP contribution in [-0.2, 0) is 6.42 Å². The number of rotatable bonds is 8. The van der Waals surface area contributed by atoms with E-state index in [1.807, 2.05) is 43.4 Å². The Hall–Kier alpha value is -1.59. The summed E-state index contributed by atoms with van der Waals surface area (Å²) in [6, 6.07) is 9.44. The molecule has 160 valence electrons. The van der Waals surface area contributed by atoms with E-state index in [0.29, 0.717) is 16.3 Å². The summed E-state index contributed by atoms with van der Waals surface area (Å²) in [7, 11) is 0. The first kappa shape index (κ1) is 23.1. The zero-order valence-corrected chi connectivity index (χ0v) is 19.1. The van der Waals surface area contributed by atoms with Crippen molar-refractivity contribution in [2.75, 3.05) is 0 Å². The molecule has 1 heterocycles. The topological polar surface area (TPSA) is 57.5 Å². The van der Waals surface area contributed by atoms with E-state index in [4.69, 9.17) is 28.3 Å². The Morgan fingerprint density at radius 3 is 2.63 bits per heavy atom. The van der Waals surface area contributed by atoms with Crippen LogP contribution < -0.4 is 0 Å². The van der Waals surface area contributed by atoms with Gasteiger partial charge in [-0.15, -0.1) is 22.9 Å². The van der Waals surface area contributed by atoms with Crippen LogP contribution in [0.3, 0.4) is 0 Å². The van der Waals surface area contributed by atoms with Crippen LogP contribution in [-0.4, -0.2) is 27.7 Å². The number of hydrogen-bond acceptors (Lipinski definition) is 3. The minimum atomic E-state index is -0.880. The van der Waals surface area contributed by atoms with Gasteiger partial charge in [0.25, 0.3) is 0 Å². The van der Waals surface area contributed by atoms with Crippen molar-refractivity contribution >= 4 is 52.7 Å². The number of aliphatic hydroxyl groups is 1. The van der Waals surface area contributed by atoms with E-state index in [0.717, 1.165) is 35.3 Å². The maximum absolute atomic E-state index is 11.0. The van der Waals surface area contributed by atoms with Gasteiger partial charge < -0.3 is 10.2 Å². The van der Waals surface area contributed by atoms with Gasteiger partial charge in [-0.05, 0) is 80.0 Å². The van der Waals surface area contributed by atoms with E-state index < -0.39 is 12.1 Å². The average Bonchev–Trinajstić information content (AvgIpc) is 3.25. The number of carboxylic acid groups (broad SMARTS) is 1. The molecule has 1 aliphatic carbocycles. The number of carbonyl (C=O) groups is 1. The van der Waals surface area contributed by atoms with E-state index >= 15 is 0 Å². The third-order valence-electron chi connectivity index (χ3n) is 5.52. The molecule has 1 fully saturated rings. The van der Waals surface area contributed by atoms with Crippen LogP contribution in [0, 0.1) is 11.8 Å². The van der Waals surface area contributed by atoms with Gasteiger partial charge in [-0.3, -0.25) is 0 Å². The molecule has 0 amide bonds. The molecular weight excluding hydrogens is 439 g/mol. The highest BCUT2D eigenvalue weighted by atomic mass is 35.5. The Balaban J connectivity index is 1.65. The smallest absolute Gasteiger partial charge is 0.345 e. The van der Waals surface area contributed by atoms with Gasteiger partial charge in [-0.1, -0.05) is 35.9 Å². The number of benzene rings is 1. The molecular formula is C24H26Cl2O3S. The van der Waals surface area contributed by atoms with Crippen molar-refractivity contribution in [3.63, 3.8) is 0 Å². The fourth-order valence-electron chi connectivity index (χ4n) is 4.12. The molecule has 1 aromatic carbocycles. The molecule has 1 aliphatic rings. The number of aryl methyl sites for hydroxylation is 1. The first-order valence-electron chi connectivity index (χ1n) is 10.1. The highest BCUT2D eigenvalue weighted by Gasteiger charge is 2.39. The zero-order chi connectivity index (χ0) is 21.7. The summed E-state index contributed by atoms with van der Waals surface area (Å²) in [6.45, 7) is 1.97. The minimum absolute atomic E-state index is 0.00503. The molecule has 0 bridgehead atoms. The molecule has 1 saturated carbocycles. The Kier molecular flexibility index (Phi) is 8.18. The van der Waals surface area contributed by atoms with Crippen molar-refractivity contribution in [3.8, 4) is 0 Å². The van der Waals surface area contributed by atoms with Gasteiger partial charge in [-0.2, -0.15) is 0 Å². The summed E-state index contributed by atoms with van der Waals surface area (Å²) < 4.78 is 0. The van der Waals surface area contributed by atoms with Gasteiger partial charge >= 0.3 is 5.97 Å². The predicted molar refractivity (Wildman–Crippen MR) is 127 cm³/mol. The fourth-order valence-corrected chi connectivity index (χ4v) is 5.73. The predicted octanol–water partition coefficient (Wildman–Crippen LogP) is 6.77. The Morgan fingerprint density at radius 2 is 1.97 bits per heavy atom. The Bertz CT molecular complexity index is 934. The number of halogens is 2. The van der Waals surface area contributed by atoms with Crippen LogP contribution in [0.4, 0.5) is 0 Å². The van der Waals surface area contributed by atoms with E-state index in [1.54, 1.807) is 6.07 Å². The van der Waals surface area contributed by atoms with Gasteiger partial charge in [0.05, 0.1) is 6.10 Å². The summed E-state index contributed by atoms with van der Waals surface area (Å²) in [4.78, 5) is 12.5. The van der Waals surface area contributed by atoms with Crippen LogP contribution in [0.5, 0.6) is 0 Å². The summed E-state index contributed by atoms with van der Waals surface area (Å²) in [6.07, 6.45) is 10.8. The first-order chi connectivity index (χ1) is 14.4. The van der Waals surface area contributed by atoms with E-state index in [2.05, 4.69) is 12.1 Å². The second-order valence-electron chi connectivity index (χ2n) is 7.70. The van der Waals surface area contributed by atoms with Crippen LogP contribution in [0.2, 0.25) is 5.02 Å². The number of allylic oxidation sites excluding steroid dienone is 1. The molecule has 0 radical (unpaired) electrons. The van der Waals surface area contributed by atoms with Gasteiger partial charge in [0, 0.05) is 21.2 Å². The lowest BCUT2D eigenvalue weighted by atomic mass is 9.89. The number of carboxylic acids is 1. The van der Waals surface area contributed by atoms with Crippen LogP contribution >= 0.6 is 34.5 Å². The highest BCUT2D eigenvalue weighted by Crippen LogP contribution is 2.40. The summed E-state index contributed by atoms with van der Waals surface area (Å²) in [5.74, 6) is -0.699. The molecule has 3 rings (SSSR count). The second-order valence-corrected chi connectivity index (χ2v) is 9.87. The second kappa shape index (κ2) is 10.6.